The molecule has 2 aromatic rings. The molecule has 1 saturated heterocycles. The normalized spacial score (nSPS) is 18.4. The molecule has 0 spiro atoms. The Bertz CT molecular complexity index is 1040. The van der Waals surface area contributed by atoms with Gasteiger partial charge in [0, 0.05) is 19.6 Å². The summed E-state index contributed by atoms with van der Waals surface area (Å²) in [7, 11) is -7.28. The Labute approximate surface area is 160 Å². The topological polar surface area (TPSA) is 74.8 Å². The standard InChI is InChI=1S/C19H22N2O4S2/c22-26(23,20-13-3-4-14-20)17-9-11-18(12-10-17)27(24,25)21-15-5-7-16-6-1-2-8-19(16)21/h1-2,6,8-12H,3-5,7,13-15H2. The summed E-state index contributed by atoms with van der Waals surface area (Å²) in [5.41, 5.74) is 1.72. The van der Waals surface area contributed by atoms with Gasteiger partial charge in [0.1, 0.15) is 0 Å². The molecule has 0 aromatic heterocycles. The molecular formula is C19H22N2O4S2. The van der Waals surface area contributed by atoms with Crippen molar-refractivity contribution in [2.45, 2.75) is 35.5 Å². The number of sulfonamides is 2. The van der Waals surface area contributed by atoms with Crippen molar-refractivity contribution in [3.05, 3.63) is 54.1 Å². The fraction of sp³-hybridized carbons (Fsp3) is 0.368. The molecule has 144 valence electrons. The molecule has 27 heavy (non-hydrogen) atoms. The summed E-state index contributed by atoms with van der Waals surface area (Å²) in [5.74, 6) is 0. The van der Waals surface area contributed by atoms with E-state index in [1.165, 1.54) is 32.9 Å². The van der Waals surface area contributed by atoms with E-state index in [0.29, 0.717) is 25.3 Å². The van der Waals surface area contributed by atoms with Crippen molar-refractivity contribution in [1.29, 1.82) is 0 Å². The van der Waals surface area contributed by atoms with Gasteiger partial charge in [0.2, 0.25) is 10.0 Å². The number of hydrogen-bond donors (Lipinski definition) is 0. The lowest BCUT2D eigenvalue weighted by molar-refractivity contribution is 0.477. The molecule has 2 aromatic carbocycles. The highest BCUT2D eigenvalue weighted by Gasteiger charge is 2.30. The summed E-state index contributed by atoms with van der Waals surface area (Å²) in [6, 6.07) is 13.1. The third-order valence-electron chi connectivity index (χ3n) is 5.18. The molecule has 2 heterocycles. The van der Waals surface area contributed by atoms with E-state index in [1.807, 2.05) is 24.3 Å². The molecule has 6 nitrogen and oxygen atoms in total. The molecular weight excluding hydrogens is 384 g/mol. The minimum absolute atomic E-state index is 0.111. The van der Waals surface area contributed by atoms with Crippen LogP contribution in [0.25, 0.3) is 0 Å². The first-order chi connectivity index (χ1) is 12.9. The van der Waals surface area contributed by atoms with Crippen molar-refractivity contribution in [1.82, 2.24) is 4.31 Å². The van der Waals surface area contributed by atoms with Crippen LogP contribution in [0.2, 0.25) is 0 Å². The van der Waals surface area contributed by atoms with E-state index in [2.05, 4.69) is 0 Å². The second-order valence-electron chi connectivity index (χ2n) is 6.89. The van der Waals surface area contributed by atoms with E-state index < -0.39 is 20.0 Å². The molecule has 0 bridgehead atoms. The highest BCUT2D eigenvalue weighted by molar-refractivity contribution is 7.93. The average molecular weight is 407 g/mol. The minimum Gasteiger partial charge on any atom is -0.266 e. The maximum Gasteiger partial charge on any atom is 0.264 e. The lowest BCUT2D eigenvalue weighted by atomic mass is 10.0. The van der Waals surface area contributed by atoms with Crippen LogP contribution in [0.1, 0.15) is 24.8 Å². The van der Waals surface area contributed by atoms with Crippen LogP contribution in [-0.4, -0.2) is 40.8 Å². The van der Waals surface area contributed by atoms with E-state index in [9.17, 15) is 16.8 Å². The van der Waals surface area contributed by atoms with Crippen molar-refractivity contribution < 1.29 is 16.8 Å². The Hall–Kier alpha value is -1.90. The minimum atomic E-state index is -3.73. The molecule has 8 heteroatoms. The third kappa shape index (κ3) is 3.26. The monoisotopic (exact) mass is 406 g/mol. The van der Waals surface area contributed by atoms with Crippen LogP contribution in [0.5, 0.6) is 0 Å². The molecule has 0 unspecified atom stereocenters. The number of rotatable bonds is 4. The summed E-state index contributed by atoms with van der Waals surface area (Å²) >= 11 is 0. The number of hydrogen-bond acceptors (Lipinski definition) is 4. The van der Waals surface area contributed by atoms with Gasteiger partial charge in [-0.25, -0.2) is 16.8 Å². The van der Waals surface area contributed by atoms with E-state index >= 15 is 0 Å². The number of fused-ring (bicyclic) bond motifs is 1. The molecule has 0 aliphatic carbocycles. The number of nitrogens with zero attached hydrogens (tertiary/aromatic N) is 2. The zero-order valence-corrected chi connectivity index (χ0v) is 16.5. The van der Waals surface area contributed by atoms with Crippen LogP contribution in [0.4, 0.5) is 5.69 Å². The average Bonchev–Trinajstić information content (AvgIpc) is 3.23. The summed E-state index contributed by atoms with van der Waals surface area (Å²) in [5, 5.41) is 0. The van der Waals surface area contributed by atoms with Gasteiger partial charge >= 0.3 is 0 Å². The fourth-order valence-corrected chi connectivity index (χ4v) is 6.80. The van der Waals surface area contributed by atoms with Gasteiger partial charge in [-0.15, -0.1) is 0 Å². The molecule has 0 saturated carbocycles. The van der Waals surface area contributed by atoms with Crippen LogP contribution in [0.15, 0.2) is 58.3 Å². The maximum absolute atomic E-state index is 13.1. The fourth-order valence-electron chi connectivity index (χ4n) is 3.74. The first-order valence-corrected chi connectivity index (χ1v) is 12.0. The molecule has 4 rings (SSSR count). The molecule has 0 radical (unpaired) electrons. The lowest BCUT2D eigenvalue weighted by Gasteiger charge is -2.30. The first kappa shape index (κ1) is 18.5. The molecule has 0 amide bonds. The van der Waals surface area contributed by atoms with E-state index in [1.54, 1.807) is 0 Å². The summed E-state index contributed by atoms with van der Waals surface area (Å²) in [4.78, 5) is 0.252. The van der Waals surface area contributed by atoms with Crippen LogP contribution >= 0.6 is 0 Å². The zero-order valence-electron chi connectivity index (χ0n) is 14.9. The number of anilines is 1. The van der Waals surface area contributed by atoms with Crippen LogP contribution < -0.4 is 4.31 Å². The van der Waals surface area contributed by atoms with Gasteiger partial charge in [0.15, 0.2) is 0 Å². The van der Waals surface area contributed by atoms with Crippen LogP contribution in [0.3, 0.4) is 0 Å². The van der Waals surface area contributed by atoms with Gasteiger partial charge < -0.3 is 0 Å². The summed E-state index contributed by atoms with van der Waals surface area (Å²) in [6.07, 6.45) is 3.34. The quantitative estimate of drug-likeness (QED) is 0.782. The number of aryl methyl sites for hydroxylation is 1. The highest BCUT2D eigenvalue weighted by Crippen LogP contribution is 2.32. The van der Waals surface area contributed by atoms with E-state index in [0.717, 1.165) is 31.2 Å². The summed E-state index contributed by atoms with van der Waals surface area (Å²) in [6.45, 7) is 1.47. The SMILES string of the molecule is O=S(=O)(c1ccc(S(=O)(=O)N2CCCc3ccccc32)cc1)N1CCCC1. The predicted octanol–water partition coefficient (Wildman–Crippen LogP) is 2.61. The smallest absolute Gasteiger partial charge is 0.264 e. The second kappa shape index (κ2) is 6.92. The Kier molecular flexibility index (Phi) is 4.73. The van der Waals surface area contributed by atoms with Crippen LogP contribution in [-0.2, 0) is 26.5 Å². The largest absolute Gasteiger partial charge is 0.266 e. The van der Waals surface area contributed by atoms with Gasteiger partial charge in [-0.05, 0) is 61.6 Å². The lowest BCUT2D eigenvalue weighted by Crippen LogP contribution is -2.35. The maximum atomic E-state index is 13.1. The third-order valence-corrected chi connectivity index (χ3v) is 8.92. The van der Waals surface area contributed by atoms with Gasteiger partial charge in [-0.3, -0.25) is 4.31 Å². The predicted molar refractivity (Wildman–Crippen MR) is 104 cm³/mol. The van der Waals surface area contributed by atoms with E-state index in [4.69, 9.17) is 0 Å². The first-order valence-electron chi connectivity index (χ1n) is 9.11. The second-order valence-corrected chi connectivity index (χ2v) is 10.7. The van der Waals surface area contributed by atoms with Gasteiger partial charge in [0.25, 0.3) is 10.0 Å². The van der Waals surface area contributed by atoms with Crippen molar-refractivity contribution in [3.8, 4) is 0 Å². The molecule has 0 N–H and O–H groups in total. The zero-order chi connectivity index (χ0) is 19.1. The molecule has 2 aliphatic rings. The van der Waals surface area contributed by atoms with Crippen molar-refractivity contribution in [2.24, 2.45) is 0 Å². The van der Waals surface area contributed by atoms with Gasteiger partial charge in [-0.2, -0.15) is 4.31 Å². The van der Waals surface area contributed by atoms with Gasteiger partial charge in [-0.1, -0.05) is 18.2 Å². The summed E-state index contributed by atoms with van der Waals surface area (Å²) < 4.78 is 54.4. The molecule has 0 atom stereocenters. The Morgan fingerprint density at radius 2 is 1.26 bits per heavy atom. The number of para-hydroxylation sites is 1. The Morgan fingerprint density at radius 3 is 1.93 bits per heavy atom. The molecule has 1 fully saturated rings. The Morgan fingerprint density at radius 1 is 0.667 bits per heavy atom. The Balaban J connectivity index is 1.66. The van der Waals surface area contributed by atoms with E-state index in [-0.39, 0.29) is 9.79 Å². The van der Waals surface area contributed by atoms with Gasteiger partial charge in [0.05, 0.1) is 15.5 Å². The molecule has 2 aliphatic heterocycles. The van der Waals surface area contributed by atoms with Crippen molar-refractivity contribution in [2.75, 3.05) is 23.9 Å². The van der Waals surface area contributed by atoms with Crippen molar-refractivity contribution in [3.63, 3.8) is 0 Å². The van der Waals surface area contributed by atoms with Crippen molar-refractivity contribution >= 4 is 25.7 Å². The number of benzene rings is 2. The highest BCUT2D eigenvalue weighted by atomic mass is 32.2. The van der Waals surface area contributed by atoms with Crippen LogP contribution in [0, 0.1) is 0 Å².